The average molecular weight is 205 g/mol. The van der Waals surface area contributed by atoms with Crippen molar-refractivity contribution in [1.29, 1.82) is 0 Å². The van der Waals surface area contributed by atoms with E-state index in [9.17, 15) is 9.59 Å². The number of nitrogens with one attached hydrogen (secondary N) is 1. The fourth-order valence-electron chi connectivity index (χ4n) is 0.841. The van der Waals surface area contributed by atoms with E-state index in [-0.39, 0.29) is 12.5 Å². The summed E-state index contributed by atoms with van der Waals surface area (Å²) in [6, 6.07) is 0. The van der Waals surface area contributed by atoms with E-state index in [0.29, 0.717) is 11.9 Å². The zero-order valence-electron chi connectivity index (χ0n) is 8.77. The molecule has 0 spiro atoms. The highest BCUT2D eigenvalue weighted by molar-refractivity contribution is 5.97. The molecule has 0 bridgehead atoms. The molecule has 0 aromatic heterocycles. The maximum Gasteiger partial charge on any atom is 0.251 e. The van der Waals surface area contributed by atoms with Gasteiger partial charge in [0.2, 0.25) is 0 Å². The van der Waals surface area contributed by atoms with Gasteiger partial charge in [-0.15, -0.1) is 0 Å². The average Bonchev–Trinajstić information content (AvgIpc) is 2.25. The molecule has 0 aliphatic heterocycles. The Morgan fingerprint density at radius 2 is 2.13 bits per heavy atom. The lowest BCUT2D eigenvalue weighted by Crippen LogP contribution is -2.26. The Labute approximate surface area is 89.9 Å². The Kier molecular flexibility index (Phi) is 7.59. The van der Waals surface area contributed by atoms with E-state index in [1.165, 1.54) is 6.08 Å². The van der Waals surface area contributed by atoms with Crippen LogP contribution in [0.5, 0.6) is 0 Å². The first-order chi connectivity index (χ1) is 7.26. The van der Waals surface area contributed by atoms with Crippen LogP contribution in [0, 0.1) is 0 Å². The van der Waals surface area contributed by atoms with Gasteiger partial charge in [-0.3, -0.25) is 4.79 Å². The second-order valence-corrected chi connectivity index (χ2v) is 2.62. The van der Waals surface area contributed by atoms with Crippen LogP contribution in [-0.4, -0.2) is 18.7 Å². The Morgan fingerprint density at radius 1 is 1.40 bits per heavy atom. The van der Waals surface area contributed by atoms with Crippen molar-refractivity contribution in [1.82, 2.24) is 5.32 Å². The highest BCUT2D eigenvalue weighted by Gasteiger charge is 2.02. The molecule has 0 aliphatic carbocycles. The molecular weight excluding hydrogens is 190 g/mol. The molecule has 1 amide bonds. The standard InChI is InChI=1S/C12H15NO2/c1-3-5-6-8-11(7-4-2)12(15)13-9-10-14/h3-8,10H,2,9H2,1H3,(H,13,15)/b5-3-,8-6-,11-7+. The van der Waals surface area contributed by atoms with Crippen LogP contribution in [0.15, 0.2) is 48.6 Å². The lowest BCUT2D eigenvalue weighted by molar-refractivity contribution is -0.119. The first-order valence-electron chi connectivity index (χ1n) is 4.60. The molecule has 0 saturated heterocycles. The highest BCUT2D eigenvalue weighted by atomic mass is 16.2. The summed E-state index contributed by atoms with van der Waals surface area (Å²) < 4.78 is 0. The van der Waals surface area contributed by atoms with Gasteiger partial charge in [0.25, 0.3) is 5.91 Å². The zero-order valence-corrected chi connectivity index (χ0v) is 8.77. The summed E-state index contributed by atoms with van der Waals surface area (Å²) in [6.45, 7) is 5.41. The minimum absolute atomic E-state index is 0.0186. The van der Waals surface area contributed by atoms with Crippen molar-refractivity contribution < 1.29 is 9.59 Å². The van der Waals surface area contributed by atoms with Crippen molar-refractivity contribution in [2.75, 3.05) is 6.54 Å². The van der Waals surface area contributed by atoms with E-state index in [0.717, 1.165) is 0 Å². The van der Waals surface area contributed by atoms with E-state index >= 15 is 0 Å². The van der Waals surface area contributed by atoms with Gasteiger partial charge in [0.15, 0.2) is 0 Å². The maximum absolute atomic E-state index is 11.4. The van der Waals surface area contributed by atoms with E-state index in [1.54, 1.807) is 18.2 Å². The van der Waals surface area contributed by atoms with Crippen LogP contribution >= 0.6 is 0 Å². The lowest BCUT2D eigenvalue weighted by Gasteiger charge is -2.00. The number of allylic oxidation sites excluding steroid dienone is 5. The van der Waals surface area contributed by atoms with E-state index in [2.05, 4.69) is 11.9 Å². The molecule has 1 N–H and O–H groups in total. The zero-order chi connectivity index (χ0) is 11.5. The van der Waals surface area contributed by atoms with Crippen molar-refractivity contribution in [2.24, 2.45) is 0 Å². The molecule has 0 fully saturated rings. The summed E-state index contributed by atoms with van der Waals surface area (Å²) in [7, 11) is 0. The van der Waals surface area contributed by atoms with Crippen molar-refractivity contribution in [3.63, 3.8) is 0 Å². The SMILES string of the molecule is C=C\C=C(/C=C\C=C/C)C(=O)NCC=O. The van der Waals surface area contributed by atoms with Crippen LogP contribution in [0.25, 0.3) is 0 Å². The molecule has 0 unspecified atom stereocenters. The van der Waals surface area contributed by atoms with Crippen LogP contribution < -0.4 is 5.32 Å². The van der Waals surface area contributed by atoms with Gasteiger partial charge in [-0.1, -0.05) is 37.0 Å². The predicted molar refractivity (Wildman–Crippen MR) is 61.3 cm³/mol. The molecule has 3 heteroatoms. The second kappa shape index (κ2) is 8.69. The highest BCUT2D eigenvalue weighted by Crippen LogP contribution is 1.98. The molecule has 80 valence electrons. The van der Waals surface area contributed by atoms with Gasteiger partial charge >= 0.3 is 0 Å². The molecule has 0 atom stereocenters. The largest absolute Gasteiger partial charge is 0.345 e. The van der Waals surface area contributed by atoms with Crippen LogP contribution in [0.3, 0.4) is 0 Å². The predicted octanol–water partition coefficient (Wildman–Crippen LogP) is 1.55. The third-order valence-electron chi connectivity index (χ3n) is 1.48. The molecular formula is C12H15NO2. The van der Waals surface area contributed by atoms with Gasteiger partial charge in [0.1, 0.15) is 6.29 Å². The topological polar surface area (TPSA) is 46.2 Å². The number of carbonyl (C=O) groups is 2. The molecule has 0 aromatic rings. The molecule has 0 heterocycles. The Bertz CT molecular complexity index is 312. The smallest absolute Gasteiger partial charge is 0.251 e. The minimum Gasteiger partial charge on any atom is -0.345 e. The quantitative estimate of drug-likeness (QED) is 0.406. The number of hydrogen-bond donors (Lipinski definition) is 1. The third kappa shape index (κ3) is 6.21. The molecule has 0 saturated carbocycles. The van der Waals surface area contributed by atoms with E-state index in [4.69, 9.17) is 0 Å². The molecule has 15 heavy (non-hydrogen) atoms. The van der Waals surface area contributed by atoms with Crippen LogP contribution in [-0.2, 0) is 9.59 Å². The third-order valence-corrected chi connectivity index (χ3v) is 1.48. The van der Waals surface area contributed by atoms with Crippen LogP contribution in [0.2, 0.25) is 0 Å². The number of hydrogen-bond acceptors (Lipinski definition) is 2. The van der Waals surface area contributed by atoms with Gasteiger partial charge in [-0.25, -0.2) is 0 Å². The van der Waals surface area contributed by atoms with Crippen LogP contribution in [0.4, 0.5) is 0 Å². The lowest BCUT2D eigenvalue weighted by atomic mass is 10.2. The number of carbonyl (C=O) groups excluding carboxylic acids is 2. The maximum atomic E-state index is 11.4. The van der Waals surface area contributed by atoms with Gasteiger partial charge in [0, 0.05) is 5.57 Å². The Morgan fingerprint density at radius 3 is 2.67 bits per heavy atom. The van der Waals surface area contributed by atoms with Crippen molar-refractivity contribution >= 4 is 12.2 Å². The minimum atomic E-state index is -0.289. The second-order valence-electron chi connectivity index (χ2n) is 2.62. The number of aldehydes is 1. The summed E-state index contributed by atoms with van der Waals surface area (Å²) in [5, 5.41) is 2.45. The molecule has 0 aliphatic rings. The molecule has 0 rings (SSSR count). The van der Waals surface area contributed by atoms with Gasteiger partial charge in [-0.2, -0.15) is 0 Å². The summed E-state index contributed by atoms with van der Waals surface area (Å²) in [5.74, 6) is -0.289. The number of amides is 1. The van der Waals surface area contributed by atoms with Crippen molar-refractivity contribution in [3.05, 3.63) is 48.6 Å². The fourth-order valence-corrected chi connectivity index (χ4v) is 0.841. The van der Waals surface area contributed by atoms with Crippen LogP contribution in [0.1, 0.15) is 6.92 Å². The van der Waals surface area contributed by atoms with Gasteiger partial charge < -0.3 is 10.1 Å². The molecule has 3 nitrogen and oxygen atoms in total. The van der Waals surface area contributed by atoms with Crippen molar-refractivity contribution in [3.8, 4) is 0 Å². The van der Waals surface area contributed by atoms with Crippen molar-refractivity contribution in [2.45, 2.75) is 6.92 Å². The summed E-state index contributed by atoms with van der Waals surface area (Å²) >= 11 is 0. The molecule has 0 aromatic carbocycles. The Balaban J connectivity index is 4.52. The summed E-state index contributed by atoms with van der Waals surface area (Å²) in [6.07, 6.45) is 10.8. The van der Waals surface area contributed by atoms with E-state index < -0.39 is 0 Å². The monoisotopic (exact) mass is 205 g/mol. The fraction of sp³-hybridized carbons (Fsp3) is 0.167. The summed E-state index contributed by atoms with van der Waals surface area (Å²) in [4.78, 5) is 21.5. The summed E-state index contributed by atoms with van der Waals surface area (Å²) in [5.41, 5.74) is 0.463. The molecule has 0 radical (unpaired) electrons. The number of rotatable bonds is 6. The van der Waals surface area contributed by atoms with Gasteiger partial charge in [-0.05, 0) is 13.0 Å². The van der Waals surface area contributed by atoms with Gasteiger partial charge in [0.05, 0.1) is 6.54 Å². The first-order valence-corrected chi connectivity index (χ1v) is 4.60. The normalized spacial score (nSPS) is 11.9. The first kappa shape index (κ1) is 13.1. The van der Waals surface area contributed by atoms with E-state index in [1.807, 2.05) is 19.1 Å². The Hall–Kier alpha value is -1.90.